The minimum absolute atomic E-state index is 0.0112. The van der Waals surface area contributed by atoms with Gasteiger partial charge in [-0.1, -0.05) is 0 Å². The second kappa shape index (κ2) is 5.48. The van der Waals surface area contributed by atoms with Gasteiger partial charge < -0.3 is 10.1 Å². The van der Waals surface area contributed by atoms with Crippen molar-refractivity contribution < 1.29 is 4.74 Å². The molecule has 2 unspecified atom stereocenters. The smallest absolute Gasteiger partial charge is 0.161 e. The van der Waals surface area contributed by atoms with Crippen LogP contribution >= 0.6 is 15.9 Å². The third-order valence-electron chi connectivity index (χ3n) is 4.77. The number of aromatic nitrogens is 2. The molecule has 5 nitrogen and oxygen atoms in total. The monoisotopic (exact) mass is 352 g/mol. The zero-order chi connectivity index (χ0) is 14.4. The van der Waals surface area contributed by atoms with E-state index in [2.05, 4.69) is 31.1 Å². The van der Waals surface area contributed by atoms with E-state index in [9.17, 15) is 0 Å². The Bertz CT molecular complexity index is 549. The summed E-state index contributed by atoms with van der Waals surface area (Å²) in [5, 5.41) is 3.18. The molecule has 0 spiro atoms. The van der Waals surface area contributed by atoms with Gasteiger partial charge in [0.1, 0.15) is 11.9 Å². The summed E-state index contributed by atoms with van der Waals surface area (Å²) in [6.45, 7) is 2.94. The number of hydrogen-bond donors (Lipinski definition) is 1. The lowest BCUT2D eigenvalue weighted by molar-refractivity contribution is -0.0541. The molecule has 2 saturated heterocycles. The van der Waals surface area contributed by atoms with E-state index >= 15 is 0 Å². The Kier molecular flexibility index (Phi) is 3.63. The molecule has 1 aliphatic carbocycles. The largest absolute Gasteiger partial charge is 0.372 e. The Morgan fingerprint density at radius 2 is 2.14 bits per heavy atom. The van der Waals surface area contributed by atoms with Crippen molar-refractivity contribution in [3.63, 3.8) is 0 Å². The summed E-state index contributed by atoms with van der Waals surface area (Å²) in [6.07, 6.45) is 5.03. The average Bonchev–Trinajstić information content (AvgIpc) is 3.24. The predicted octanol–water partition coefficient (Wildman–Crippen LogP) is 2.69. The molecule has 0 bridgehead atoms. The van der Waals surface area contributed by atoms with E-state index in [1.807, 2.05) is 7.05 Å². The highest BCUT2D eigenvalue weighted by atomic mass is 79.9. The first-order chi connectivity index (χ1) is 10.3. The fourth-order valence-corrected chi connectivity index (χ4v) is 4.09. The van der Waals surface area contributed by atoms with Gasteiger partial charge in [-0.2, -0.15) is 0 Å². The number of ether oxygens (including phenoxy) is 1. The summed E-state index contributed by atoms with van der Waals surface area (Å²) in [7, 11) is 1.91. The van der Waals surface area contributed by atoms with Gasteiger partial charge in [-0.3, -0.25) is 4.90 Å². The normalized spacial score (nSPS) is 29.4. The van der Waals surface area contributed by atoms with Gasteiger partial charge in [-0.15, -0.1) is 0 Å². The Morgan fingerprint density at radius 1 is 1.29 bits per heavy atom. The first-order valence-corrected chi connectivity index (χ1v) is 8.66. The van der Waals surface area contributed by atoms with E-state index in [-0.39, 0.29) is 6.10 Å². The van der Waals surface area contributed by atoms with Crippen molar-refractivity contribution in [3.8, 4) is 0 Å². The molecule has 1 aromatic rings. The summed E-state index contributed by atoms with van der Waals surface area (Å²) in [5.41, 5.74) is 1.15. The molecule has 0 amide bonds. The molecule has 1 saturated carbocycles. The lowest BCUT2D eigenvalue weighted by Crippen LogP contribution is -2.43. The van der Waals surface area contributed by atoms with Gasteiger partial charge in [0.05, 0.1) is 16.8 Å². The number of morpholine rings is 1. The minimum Gasteiger partial charge on any atom is -0.372 e. The molecular weight excluding hydrogens is 332 g/mol. The molecule has 2 atom stereocenters. The molecule has 3 fully saturated rings. The van der Waals surface area contributed by atoms with Crippen molar-refractivity contribution in [2.45, 2.75) is 43.7 Å². The highest BCUT2D eigenvalue weighted by molar-refractivity contribution is 9.10. The van der Waals surface area contributed by atoms with Crippen LogP contribution in [0.5, 0.6) is 0 Å². The molecule has 3 aliphatic rings. The van der Waals surface area contributed by atoms with Crippen LogP contribution in [0, 0.1) is 0 Å². The number of hydrogen-bond acceptors (Lipinski definition) is 5. The van der Waals surface area contributed by atoms with Gasteiger partial charge in [0.2, 0.25) is 0 Å². The average molecular weight is 353 g/mol. The summed E-state index contributed by atoms with van der Waals surface area (Å²) in [4.78, 5) is 12.0. The minimum atomic E-state index is 0.0112. The number of anilines is 1. The summed E-state index contributed by atoms with van der Waals surface area (Å²) in [6, 6.07) is 0.614. The maximum Gasteiger partial charge on any atom is 0.161 e. The van der Waals surface area contributed by atoms with Crippen molar-refractivity contribution in [1.82, 2.24) is 14.9 Å². The highest BCUT2D eigenvalue weighted by Gasteiger charge is 2.36. The van der Waals surface area contributed by atoms with Crippen molar-refractivity contribution in [2.75, 3.05) is 32.1 Å². The Balaban J connectivity index is 1.63. The van der Waals surface area contributed by atoms with E-state index in [1.54, 1.807) is 0 Å². The number of nitrogens with one attached hydrogen (secondary N) is 1. The van der Waals surface area contributed by atoms with Crippen LogP contribution in [0.4, 0.5) is 5.82 Å². The Hall–Kier alpha value is -0.720. The van der Waals surface area contributed by atoms with E-state index in [0.717, 1.165) is 35.0 Å². The lowest BCUT2D eigenvalue weighted by atomic mass is 10.1. The second-order valence-electron chi connectivity index (χ2n) is 6.27. The van der Waals surface area contributed by atoms with E-state index in [1.165, 1.54) is 32.2 Å². The van der Waals surface area contributed by atoms with E-state index in [0.29, 0.717) is 12.0 Å². The van der Waals surface area contributed by atoms with Crippen LogP contribution in [0.2, 0.25) is 0 Å². The Labute approximate surface area is 133 Å². The van der Waals surface area contributed by atoms with Crippen LogP contribution in [-0.4, -0.2) is 47.7 Å². The van der Waals surface area contributed by atoms with Crippen molar-refractivity contribution in [2.24, 2.45) is 0 Å². The van der Waals surface area contributed by atoms with Crippen LogP contribution in [0.3, 0.4) is 0 Å². The lowest BCUT2D eigenvalue weighted by Gasteiger charge is -2.34. The molecule has 2 aliphatic heterocycles. The molecule has 3 heterocycles. The third kappa shape index (κ3) is 2.58. The molecule has 21 heavy (non-hydrogen) atoms. The van der Waals surface area contributed by atoms with Crippen LogP contribution in [0.15, 0.2) is 4.47 Å². The van der Waals surface area contributed by atoms with Gasteiger partial charge in [0, 0.05) is 25.6 Å². The molecule has 0 radical (unpaired) electrons. The van der Waals surface area contributed by atoms with Crippen LogP contribution in [0.25, 0.3) is 0 Å². The molecule has 0 aromatic carbocycles. The first-order valence-electron chi connectivity index (χ1n) is 7.87. The van der Waals surface area contributed by atoms with Gasteiger partial charge in [-0.25, -0.2) is 9.97 Å². The molecule has 1 N–H and O–H groups in total. The summed E-state index contributed by atoms with van der Waals surface area (Å²) in [5.74, 6) is 2.32. The summed E-state index contributed by atoms with van der Waals surface area (Å²) >= 11 is 3.65. The van der Waals surface area contributed by atoms with Gasteiger partial charge in [0.15, 0.2) is 5.82 Å². The predicted molar refractivity (Wildman–Crippen MR) is 84.5 cm³/mol. The maximum absolute atomic E-state index is 6.06. The molecule has 114 valence electrons. The summed E-state index contributed by atoms with van der Waals surface area (Å²) < 4.78 is 7.08. The number of fused-ring (bicyclic) bond motifs is 1. The number of rotatable bonds is 3. The zero-order valence-corrected chi connectivity index (χ0v) is 13.9. The molecule has 4 rings (SSSR count). The fourth-order valence-electron chi connectivity index (χ4n) is 3.39. The molecular formula is C15H21BrN4O. The zero-order valence-electron chi connectivity index (χ0n) is 12.3. The van der Waals surface area contributed by atoms with Gasteiger partial charge in [-0.05, 0) is 48.2 Å². The number of halogens is 1. The van der Waals surface area contributed by atoms with Crippen LogP contribution in [-0.2, 0) is 4.74 Å². The quantitative estimate of drug-likeness (QED) is 0.906. The Morgan fingerprint density at radius 3 is 2.90 bits per heavy atom. The fraction of sp³-hybridized carbons (Fsp3) is 0.733. The van der Waals surface area contributed by atoms with E-state index in [4.69, 9.17) is 9.72 Å². The van der Waals surface area contributed by atoms with Crippen LogP contribution in [0.1, 0.15) is 49.2 Å². The SMILES string of the molecule is CNc1nc(C2CN3CCCC3CO2)nc(C2CC2)c1Br. The maximum atomic E-state index is 6.06. The van der Waals surface area contributed by atoms with Gasteiger partial charge >= 0.3 is 0 Å². The number of nitrogens with zero attached hydrogens (tertiary/aromatic N) is 3. The van der Waals surface area contributed by atoms with Crippen molar-refractivity contribution in [3.05, 3.63) is 16.0 Å². The van der Waals surface area contributed by atoms with E-state index < -0.39 is 0 Å². The highest BCUT2D eigenvalue weighted by Crippen LogP contribution is 2.44. The topological polar surface area (TPSA) is 50.3 Å². The van der Waals surface area contributed by atoms with Gasteiger partial charge in [0.25, 0.3) is 0 Å². The van der Waals surface area contributed by atoms with Crippen molar-refractivity contribution in [1.29, 1.82) is 0 Å². The third-order valence-corrected chi connectivity index (χ3v) is 5.55. The molecule has 1 aromatic heterocycles. The standard InChI is InChI=1S/C15H21BrN4O/c1-17-15-12(16)13(9-4-5-9)18-14(19-15)11-7-20-6-2-3-10(20)8-21-11/h9-11H,2-8H2,1H3,(H,17,18,19). The van der Waals surface area contributed by atoms with Crippen molar-refractivity contribution >= 4 is 21.7 Å². The first kappa shape index (κ1) is 13.9. The second-order valence-corrected chi connectivity index (χ2v) is 7.06. The van der Waals surface area contributed by atoms with Crippen LogP contribution < -0.4 is 5.32 Å². The molecule has 6 heteroatoms.